The molecule has 3 nitrogen and oxygen atoms in total. The number of carbonyl (C=O) groups excluding carboxylic acids is 1. The molecule has 1 aliphatic rings. The largest absolute Gasteiger partial charge is 0.452 e. The van der Waals surface area contributed by atoms with E-state index in [0.29, 0.717) is 6.42 Å². The summed E-state index contributed by atoms with van der Waals surface area (Å²) < 4.78 is 5.88. The summed E-state index contributed by atoms with van der Waals surface area (Å²) in [4.78, 5) is 14.1. The monoisotopic (exact) mass is 261 g/mol. The van der Waals surface area contributed by atoms with Gasteiger partial charge in [0.25, 0.3) is 0 Å². The topological polar surface area (TPSA) is 29.5 Å². The molecule has 1 saturated heterocycles. The molecule has 0 radical (unpaired) electrons. The smallest absolute Gasteiger partial charge is 0.306 e. The van der Waals surface area contributed by atoms with Crippen LogP contribution < -0.4 is 0 Å². The van der Waals surface area contributed by atoms with Crippen LogP contribution in [0, 0.1) is 6.92 Å². The van der Waals surface area contributed by atoms with E-state index < -0.39 is 5.60 Å². The fourth-order valence-corrected chi connectivity index (χ4v) is 2.79. The van der Waals surface area contributed by atoms with Crippen molar-refractivity contribution in [2.75, 3.05) is 13.6 Å². The van der Waals surface area contributed by atoms with E-state index in [9.17, 15) is 4.79 Å². The minimum Gasteiger partial charge on any atom is -0.452 e. The van der Waals surface area contributed by atoms with E-state index in [0.717, 1.165) is 18.5 Å². The van der Waals surface area contributed by atoms with Crippen molar-refractivity contribution in [1.29, 1.82) is 0 Å². The van der Waals surface area contributed by atoms with Gasteiger partial charge in [-0.1, -0.05) is 36.8 Å². The van der Waals surface area contributed by atoms with E-state index in [2.05, 4.69) is 50.1 Å². The molecule has 3 heteroatoms. The SMILES string of the molecule is CCC(=O)O[C@]1(c2ccc(C)cc2)CCN(C)[C@@H]1C. The molecule has 0 N–H and O–H groups in total. The van der Waals surface area contributed by atoms with Gasteiger partial charge in [-0.15, -0.1) is 0 Å². The first-order valence-corrected chi connectivity index (χ1v) is 6.99. The van der Waals surface area contributed by atoms with Crippen molar-refractivity contribution in [3.05, 3.63) is 35.4 Å². The Hall–Kier alpha value is -1.35. The third-order valence-corrected chi connectivity index (χ3v) is 4.30. The molecule has 0 aromatic heterocycles. The third-order valence-electron chi connectivity index (χ3n) is 4.30. The van der Waals surface area contributed by atoms with Crippen LogP contribution in [0.4, 0.5) is 0 Å². The van der Waals surface area contributed by atoms with Crippen LogP contribution in [-0.4, -0.2) is 30.5 Å². The summed E-state index contributed by atoms with van der Waals surface area (Å²) in [5.74, 6) is -0.122. The Kier molecular flexibility index (Phi) is 3.95. The number of hydrogen-bond acceptors (Lipinski definition) is 3. The average molecular weight is 261 g/mol. The molecule has 2 rings (SSSR count). The maximum Gasteiger partial charge on any atom is 0.306 e. The van der Waals surface area contributed by atoms with E-state index in [1.54, 1.807) is 0 Å². The van der Waals surface area contributed by atoms with Crippen LogP contribution in [0.1, 0.15) is 37.8 Å². The van der Waals surface area contributed by atoms with Gasteiger partial charge in [0.15, 0.2) is 5.60 Å². The fourth-order valence-electron chi connectivity index (χ4n) is 2.79. The molecule has 0 amide bonds. The predicted molar refractivity (Wildman–Crippen MR) is 75.9 cm³/mol. The summed E-state index contributed by atoms with van der Waals surface area (Å²) in [6.07, 6.45) is 1.28. The Bertz CT molecular complexity index is 454. The summed E-state index contributed by atoms with van der Waals surface area (Å²) in [5.41, 5.74) is 1.84. The number of aryl methyl sites for hydroxylation is 1. The molecule has 0 spiro atoms. The first kappa shape index (κ1) is 14.1. The van der Waals surface area contributed by atoms with E-state index in [1.165, 1.54) is 5.56 Å². The lowest BCUT2D eigenvalue weighted by molar-refractivity contribution is -0.163. The summed E-state index contributed by atoms with van der Waals surface area (Å²) >= 11 is 0. The maximum atomic E-state index is 11.8. The highest BCUT2D eigenvalue weighted by Crippen LogP contribution is 2.40. The highest BCUT2D eigenvalue weighted by atomic mass is 16.6. The van der Waals surface area contributed by atoms with Crippen molar-refractivity contribution in [2.45, 2.75) is 45.3 Å². The number of likely N-dealkylation sites (tertiary alicyclic amines) is 1. The number of carbonyl (C=O) groups is 1. The zero-order chi connectivity index (χ0) is 14.0. The van der Waals surface area contributed by atoms with Crippen LogP contribution in [0.5, 0.6) is 0 Å². The molecule has 104 valence electrons. The van der Waals surface area contributed by atoms with Crippen molar-refractivity contribution in [3.63, 3.8) is 0 Å². The molecule has 0 saturated carbocycles. The Morgan fingerprint density at radius 1 is 1.42 bits per heavy atom. The molecule has 0 bridgehead atoms. The molecular formula is C16H23NO2. The second-order valence-electron chi connectivity index (χ2n) is 5.49. The molecule has 0 aliphatic carbocycles. The first-order chi connectivity index (χ1) is 8.99. The standard InChI is InChI=1S/C16H23NO2/c1-5-15(18)19-16(10-11-17(4)13(16)3)14-8-6-12(2)7-9-14/h6-9,13H,5,10-11H2,1-4H3/t13-,16-/m1/s1. The molecule has 1 aromatic rings. The van der Waals surface area contributed by atoms with Crippen LogP contribution in [-0.2, 0) is 15.1 Å². The Labute approximate surface area is 115 Å². The summed E-state index contributed by atoms with van der Waals surface area (Å²) in [6, 6.07) is 8.55. The quantitative estimate of drug-likeness (QED) is 0.784. The average Bonchev–Trinajstić information content (AvgIpc) is 2.69. The number of likely N-dealkylation sites (N-methyl/N-ethyl adjacent to an activating group) is 1. The van der Waals surface area contributed by atoms with E-state index in [1.807, 2.05) is 6.92 Å². The molecule has 2 atom stereocenters. The van der Waals surface area contributed by atoms with E-state index >= 15 is 0 Å². The summed E-state index contributed by atoms with van der Waals surface area (Å²) in [7, 11) is 2.08. The number of nitrogens with zero attached hydrogens (tertiary/aromatic N) is 1. The van der Waals surface area contributed by atoms with Crippen LogP contribution in [0.3, 0.4) is 0 Å². The number of ether oxygens (including phenoxy) is 1. The lowest BCUT2D eigenvalue weighted by Gasteiger charge is -2.35. The van der Waals surface area contributed by atoms with Gasteiger partial charge in [-0.05, 0) is 26.5 Å². The minimum absolute atomic E-state index is 0.122. The van der Waals surface area contributed by atoms with Gasteiger partial charge in [0.1, 0.15) is 0 Å². The Balaban J connectivity index is 2.39. The summed E-state index contributed by atoms with van der Waals surface area (Å²) in [6.45, 7) is 7.00. The van der Waals surface area contributed by atoms with Gasteiger partial charge in [0.05, 0.1) is 6.04 Å². The lowest BCUT2D eigenvalue weighted by Crippen LogP contribution is -2.42. The van der Waals surface area contributed by atoms with Gasteiger partial charge in [0, 0.05) is 19.4 Å². The number of rotatable bonds is 3. The molecule has 1 heterocycles. The van der Waals surface area contributed by atoms with Gasteiger partial charge in [-0.3, -0.25) is 9.69 Å². The molecule has 1 aromatic carbocycles. The van der Waals surface area contributed by atoms with Gasteiger partial charge in [-0.2, -0.15) is 0 Å². The third kappa shape index (κ3) is 2.52. The summed E-state index contributed by atoms with van der Waals surface area (Å²) in [5, 5.41) is 0. The highest BCUT2D eigenvalue weighted by molar-refractivity contribution is 5.70. The van der Waals surface area contributed by atoms with Crippen molar-refractivity contribution in [2.24, 2.45) is 0 Å². The molecule has 0 unspecified atom stereocenters. The van der Waals surface area contributed by atoms with Crippen molar-refractivity contribution < 1.29 is 9.53 Å². The second kappa shape index (κ2) is 5.33. The molecular weight excluding hydrogens is 238 g/mol. The van der Waals surface area contributed by atoms with Crippen LogP contribution in [0.25, 0.3) is 0 Å². The van der Waals surface area contributed by atoms with Crippen LogP contribution >= 0.6 is 0 Å². The van der Waals surface area contributed by atoms with E-state index in [-0.39, 0.29) is 12.0 Å². The molecule has 19 heavy (non-hydrogen) atoms. The van der Waals surface area contributed by atoms with Crippen LogP contribution in [0.15, 0.2) is 24.3 Å². The lowest BCUT2D eigenvalue weighted by atomic mass is 9.86. The zero-order valence-corrected chi connectivity index (χ0v) is 12.3. The van der Waals surface area contributed by atoms with Crippen molar-refractivity contribution >= 4 is 5.97 Å². The predicted octanol–water partition coefficient (Wildman–Crippen LogP) is 2.87. The number of esters is 1. The fraction of sp³-hybridized carbons (Fsp3) is 0.562. The van der Waals surface area contributed by atoms with Gasteiger partial charge in [0.2, 0.25) is 0 Å². The maximum absolute atomic E-state index is 11.8. The molecule has 1 aliphatic heterocycles. The Morgan fingerprint density at radius 2 is 2.05 bits per heavy atom. The second-order valence-corrected chi connectivity index (χ2v) is 5.49. The van der Waals surface area contributed by atoms with E-state index in [4.69, 9.17) is 4.74 Å². The number of hydrogen-bond donors (Lipinski definition) is 0. The number of benzene rings is 1. The van der Waals surface area contributed by atoms with Crippen LogP contribution in [0.2, 0.25) is 0 Å². The van der Waals surface area contributed by atoms with Gasteiger partial charge < -0.3 is 4.74 Å². The van der Waals surface area contributed by atoms with Crippen molar-refractivity contribution in [1.82, 2.24) is 4.90 Å². The highest BCUT2D eigenvalue weighted by Gasteiger charge is 2.47. The van der Waals surface area contributed by atoms with Crippen molar-refractivity contribution in [3.8, 4) is 0 Å². The first-order valence-electron chi connectivity index (χ1n) is 6.99. The normalized spacial score (nSPS) is 27.5. The minimum atomic E-state index is -0.491. The zero-order valence-electron chi connectivity index (χ0n) is 12.3. The van der Waals surface area contributed by atoms with Gasteiger partial charge in [-0.25, -0.2) is 0 Å². The van der Waals surface area contributed by atoms with Gasteiger partial charge >= 0.3 is 5.97 Å². The Morgan fingerprint density at radius 3 is 2.53 bits per heavy atom. The molecule has 1 fully saturated rings.